The number of nitrogens with one attached hydrogen (secondary N) is 3. The van der Waals surface area contributed by atoms with E-state index in [4.69, 9.17) is 0 Å². The lowest BCUT2D eigenvalue weighted by Gasteiger charge is -2.23. The monoisotopic (exact) mass is 380 g/mol. The molecule has 0 unspecified atom stereocenters. The van der Waals surface area contributed by atoms with Gasteiger partial charge >= 0.3 is 0 Å². The van der Waals surface area contributed by atoms with E-state index in [2.05, 4.69) is 26.7 Å². The van der Waals surface area contributed by atoms with Crippen LogP contribution in [0, 0.1) is 5.82 Å². The Hall–Kier alpha value is -2.73. The van der Waals surface area contributed by atoms with Crippen LogP contribution in [0.5, 0.6) is 0 Å². The average molecular weight is 380 g/mol. The molecule has 6 heteroatoms. The topological polar surface area (TPSA) is 69.8 Å². The molecule has 0 aliphatic carbocycles. The molecular formula is C22H25FN4O. The van der Waals surface area contributed by atoms with Crippen LogP contribution in [0.25, 0.3) is 11.0 Å². The number of hydrogen-bond acceptors (Lipinski definition) is 3. The third-order valence-electron chi connectivity index (χ3n) is 5.29. The summed E-state index contributed by atoms with van der Waals surface area (Å²) in [6, 6.07) is 12.5. The van der Waals surface area contributed by atoms with E-state index in [0.717, 1.165) is 30.9 Å². The zero-order valence-electron chi connectivity index (χ0n) is 15.8. The molecule has 0 bridgehead atoms. The standard InChI is InChI=1S/C22H25FN4O/c23-18-8-9-19-20(13-18)27-21(26-19)7-3-11-25-22(28)16-5-1-4-15(12-16)17-6-2-10-24-14-17/h1,4-5,8-9,12-13,17,24H,2-3,6-7,10-11,14H2,(H,25,28)(H,26,27)/t17-/m0/s1. The zero-order valence-corrected chi connectivity index (χ0v) is 15.8. The molecule has 1 atom stereocenters. The lowest BCUT2D eigenvalue weighted by molar-refractivity contribution is 0.0953. The number of amides is 1. The molecular weight excluding hydrogens is 355 g/mol. The van der Waals surface area contributed by atoms with Gasteiger partial charge in [0.25, 0.3) is 5.91 Å². The summed E-state index contributed by atoms with van der Waals surface area (Å²) in [7, 11) is 0. The Balaban J connectivity index is 1.29. The van der Waals surface area contributed by atoms with Crippen molar-refractivity contribution in [3.05, 3.63) is 65.2 Å². The molecule has 1 aliphatic rings. The molecule has 3 N–H and O–H groups in total. The Kier molecular flexibility index (Phi) is 5.67. The minimum absolute atomic E-state index is 0.0442. The van der Waals surface area contributed by atoms with E-state index in [1.165, 1.54) is 30.5 Å². The highest BCUT2D eigenvalue weighted by molar-refractivity contribution is 5.94. The fraction of sp³-hybridized carbons (Fsp3) is 0.364. The van der Waals surface area contributed by atoms with Gasteiger partial charge in [0.1, 0.15) is 11.6 Å². The van der Waals surface area contributed by atoms with Gasteiger partial charge in [-0.05, 0) is 67.6 Å². The van der Waals surface area contributed by atoms with Gasteiger partial charge in [0, 0.05) is 25.1 Å². The minimum atomic E-state index is -0.277. The molecule has 0 radical (unpaired) electrons. The minimum Gasteiger partial charge on any atom is -0.352 e. The second-order valence-corrected chi connectivity index (χ2v) is 7.37. The van der Waals surface area contributed by atoms with E-state index in [1.54, 1.807) is 6.07 Å². The molecule has 1 aromatic heterocycles. The number of rotatable bonds is 6. The van der Waals surface area contributed by atoms with Crippen molar-refractivity contribution >= 4 is 16.9 Å². The Bertz CT molecular complexity index is 962. The number of aryl methyl sites for hydroxylation is 1. The summed E-state index contributed by atoms with van der Waals surface area (Å²) in [5.74, 6) is 0.972. The second kappa shape index (κ2) is 8.52. The van der Waals surface area contributed by atoms with Crippen LogP contribution < -0.4 is 10.6 Å². The van der Waals surface area contributed by atoms with Gasteiger partial charge in [0.15, 0.2) is 0 Å². The first kappa shape index (κ1) is 18.6. The Labute approximate surface area is 163 Å². The molecule has 28 heavy (non-hydrogen) atoms. The van der Waals surface area contributed by atoms with Crippen LogP contribution in [0.2, 0.25) is 0 Å². The third-order valence-corrected chi connectivity index (χ3v) is 5.29. The van der Waals surface area contributed by atoms with E-state index in [-0.39, 0.29) is 11.7 Å². The van der Waals surface area contributed by atoms with E-state index in [9.17, 15) is 9.18 Å². The summed E-state index contributed by atoms with van der Waals surface area (Å²) in [5, 5.41) is 6.41. The summed E-state index contributed by atoms with van der Waals surface area (Å²) in [5.41, 5.74) is 3.40. The van der Waals surface area contributed by atoms with Crippen LogP contribution >= 0.6 is 0 Å². The first-order valence-electron chi connectivity index (χ1n) is 9.92. The first-order chi connectivity index (χ1) is 13.7. The van der Waals surface area contributed by atoms with Crippen LogP contribution in [0.15, 0.2) is 42.5 Å². The van der Waals surface area contributed by atoms with E-state index >= 15 is 0 Å². The van der Waals surface area contributed by atoms with Crippen LogP contribution in [-0.2, 0) is 6.42 Å². The van der Waals surface area contributed by atoms with Gasteiger partial charge in [-0.3, -0.25) is 4.79 Å². The molecule has 1 amide bonds. The molecule has 2 heterocycles. The SMILES string of the molecule is O=C(NCCCc1nc2ccc(F)cc2[nH]1)c1cccc([C@H]2CCCNC2)c1. The van der Waals surface area contributed by atoms with E-state index in [1.807, 2.05) is 18.2 Å². The molecule has 1 saturated heterocycles. The highest BCUT2D eigenvalue weighted by Crippen LogP contribution is 2.23. The number of benzene rings is 2. The number of imidazole rings is 1. The molecule has 3 aromatic rings. The number of aromatic nitrogens is 2. The maximum absolute atomic E-state index is 13.3. The van der Waals surface area contributed by atoms with Crippen molar-refractivity contribution in [2.75, 3.05) is 19.6 Å². The molecule has 4 rings (SSSR count). The van der Waals surface area contributed by atoms with Gasteiger partial charge in [-0.2, -0.15) is 0 Å². The van der Waals surface area contributed by atoms with Gasteiger partial charge in [-0.25, -0.2) is 9.37 Å². The number of fused-ring (bicyclic) bond motifs is 1. The lowest BCUT2D eigenvalue weighted by Crippen LogP contribution is -2.29. The number of H-pyrrole nitrogens is 1. The van der Waals surface area contributed by atoms with Crippen LogP contribution in [0.3, 0.4) is 0 Å². The van der Waals surface area contributed by atoms with Crippen molar-refractivity contribution in [1.82, 2.24) is 20.6 Å². The molecule has 0 saturated carbocycles. The number of hydrogen-bond donors (Lipinski definition) is 3. The van der Waals surface area contributed by atoms with Gasteiger partial charge < -0.3 is 15.6 Å². The zero-order chi connectivity index (χ0) is 19.3. The number of halogens is 1. The molecule has 146 valence electrons. The van der Waals surface area contributed by atoms with E-state index in [0.29, 0.717) is 30.0 Å². The average Bonchev–Trinajstić information content (AvgIpc) is 3.13. The van der Waals surface area contributed by atoms with Crippen LogP contribution in [-0.4, -0.2) is 35.5 Å². The summed E-state index contributed by atoms with van der Waals surface area (Å²) < 4.78 is 13.3. The van der Waals surface area contributed by atoms with Crippen molar-refractivity contribution in [3.63, 3.8) is 0 Å². The lowest BCUT2D eigenvalue weighted by atomic mass is 9.90. The van der Waals surface area contributed by atoms with Crippen LogP contribution in [0.1, 0.15) is 46.9 Å². The number of carbonyl (C=O) groups excluding carboxylic acids is 1. The molecule has 2 aromatic carbocycles. The van der Waals surface area contributed by atoms with Gasteiger partial charge in [-0.1, -0.05) is 12.1 Å². The van der Waals surface area contributed by atoms with Crippen LogP contribution in [0.4, 0.5) is 4.39 Å². The quantitative estimate of drug-likeness (QED) is 0.573. The Morgan fingerprint density at radius 3 is 3.04 bits per heavy atom. The highest BCUT2D eigenvalue weighted by atomic mass is 19.1. The van der Waals surface area contributed by atoms with Crippen molar-refractivity contribution in [3.8, 4) is 0 Å². The first-order valence-corrected chi connectivity index (χ1v) is 9.92. The third kappa shape index (κ3) is 4.39. The predicted molar refractivity (Wildman–Crippen MR) is 108 cm³/mol. The smallest absolute Gasteiger partial charge is 0.251 e. The summed E-state index contributed by atoms with van der Waals surface area (Å²) in [6.07, 6.45) is 3.81. The molecule has 1 fully saturated rings. The molecule has 5 nitrogen and oxygen atoms in total. The number of piperidine rings is 1. The largest absolute Gasteiger partial charge is 0.352 e. The number of carbonyl (C=O) groups is 1. The highest BCUT2D eigenvalue weighted by Gasteiger charge is 2.16. The second-order valence-electron chi connectivity index (χ2n) is 7.37. The number of nitrogens with zero attached hydrogens (tertiary/aromatic N) is 1. The Morgan fingerprint density at radius 2 is 2.18 bits per heavy atom. The van der Waals surface area contributed by atoms with Crippen molar-refractivity contribution in [2.45, 2.75) is 31.6 Å². The van der Waals surface area contributed by atoms with E-state index < -0.39 is 0 Å². The van der Waals surface area contributed by atoms with Gasteiger partial charge in [0.2, 0.25) is 0 Å². The Morgan fingerprint density at radius 1 is 1.25 bits per heavy atom. The predicted octanol–water partition coefficient (Wildman–Crippen LogP) is 3.53. The van der Waals surface area contributed by atoms with Crippen molar-refractivity contribution < 1.29 is 9.18 Å². The maximum Gasteiger partial charge on any atom is 0.251 e. The maximum atomic E-state index is 13.3. The summed E-state index contributed by atoms with van der Waals surface area (Å²) in [4.78, 5) is 20.1. The van der Waals surface area contributed by atoms with Crippen molar-refractivity contribution in [2.24, 2.45) is 0 Å². The van der Waals surface area contributed by atoms with Gasteiger partial charge in [-0.15, -0.1) is 0 Å². The molecule has 0 spiro atoms. The summed E-state index contributed by atoms with van der Waals surface area (Å²) in [6.45, 7) is 2.63. The number of aromatic amines is 1. The normalized spacial score (nSPS) is 17.0. The van der Waals surface area contributed by atoms with Crippen molar-refractivity contribution in [1.29, 1.82) is 0 Å². The fourth-order valence-electron chi connectivity index (χ4n) is 3.78. The van der Waals surface area contributed by atoms with Gasteiger partial charge in [0.05, 0.1) is 11.0 Å². The fourth-order valence-corrected chi connectivity index (χ4v) is 3.78. The summed E-state index contributed by atoms with van der Waals surface area (Å²) >= 11 is 0. The molecule has 1 aliphatic heterocycles.